The van der Waals surface area contributed by atoms with Gasteiger partial charge in [-0.25, -0.2) is 0 Å². The predicted octanol–water partition coefficient (Wildman–Crippen LogP) is 7.13. The van der Waals surface area contributed by atoms with Crippen LogP contribution in [0.3, 0.4) is 0 Å². The summed E-state index contributed by atoms with van der Waals surface area (Å²) in [6.07, 6.45) is 12.6. The number of fused-ring (bicyclic) bond motifs is 3. The first kappa shape index (κ1) is 23.5. The van der Waals surface area contributed by atoms with Crippen LogP contribution in [0, 0.1) is 31.7 Å². The molecule has 5 atom stereocenters. The van der Waals surface area contributed by atoms with Gasteiger partial charge in [-0.3, -0.25) is 4.18 Å². The van der Waals surface area contributed by atoms with Crippen molar-refractivity contribution in [2.45, 2.75) is 70.6 Å². The summed E-state index contributed by atoms with van der Waals surface area (Å²) >= 11 is 2.18. The maximum Gasteiger partial charge on any atom is 0.296 e. The summed E-state index contributed by atoms with van der Waals surface area (Å²) in [5, 5.41) is 0. The first-order valence-electron chi connectivity index (χ1n) is 11.5. The van der Waals surface area contributed by atoms with Crippen LogP contribution < -0.4 is 0 Å². The van der Waals surface area contributed by atoms with Crippen molar-refractivity contribution >= 4 is 32.7 Å². The molecule has 0 spiro atoms. The first-order valence-corrected chi connectivity index (χ1v) is 14.0. The molecule has 3 aliphatic rings. The number of benzene rings is 1. The van der Waals surface area contributed by atoms with Gasteiger partial charge in [0.15, 0.2) is 0 Å². The Morgan fingerprint density at radius 1 is 1.16 bits per heavy atom. The van der Waals surface area contributed by atoms with E-state index in [2.05, 4.69) is 62.1 Å². The maximum absolute atomic E-state index is 12.9. The molecule has 0 amide bonds. The molecule has 0 aromatic heterocycles. The standard InChI is InChI=1S/C26H35IO3S/c1-5-24(2)16-13-22-19(17-24)7-12-23-25(3,14-6-15-26(22,23)4)18-30-31(28,29)21-10-8-20(27)9-11-21/h5,8-11,13,19,23H,1,6-7,12,14-18H2,2-4H3/t19?,23?,24-,25-,26-/m1/s1. The SMILES string of the molecule is C=C[C@]1(C)CC=C2C(CCC3[C@@](C)(COS(=O)(=O)c4ccc(I)cc4)CCC[C@]23C)C1. The third-order valence-electron chi connectivity index (χ3n) is 8.60. The topological polar surface area (TPSA) is 43.4 Å². The number of allylic oxidation sites excluding steroid dienone is 3. The zero-order valence-electron chi connectivity index (χ0n) is 19.0. The van der Waals surface area contributed by atoms with Gasteiger partial charge in [0.25, 0.3) is 10.1 Å². The van der Waals surface area contributed by atoms with Gasteiger partial charge >= 0.3 is 0 Å². The third kappa shape index (κ3) is 4.31. The minimum Gasteiger partial charge on any atom is -0.266 e. The first-order chi connectivity index (χ1) is 14.5. The van der Waals surface area contributed by atoms with Crippen molar-refractivity contribution in [3.05, 3.63) is 52.1 Å². The Bertz CT molecular complexity index is 982. The largest absolute Gasteiger partial charge is 0.296 e. The number of hydrogen-bond donors (Lipinski definition) is 0. The fourth-order valence-electron chi connectivity index (χ4n) is 6.80. The molecule has 0 bridgehead atoms. The second-order valence-electron chi connectivity index (χ2n) is 10.8. The Labute approximate surface area is 202 Å². The van der Waals surface area contributed by atoms with Gasteiger partial charge < -0.3 is 0 Å². The van der Waals surface area contributed by atoms with Gasteiger partial charge in [0.1, 0.15) is 0 Å². The van der Waals surface area contributed by atoms with Crippen molar-refractivity contribution in [1.29, 1.82) is 0 Å². The van der Waals surface area contributed by atoms with Gasteiger partial charge in [-0.15, -0.1) is 6.58 Å². The molecule has 2 unspecified atom stereocenters. The van der Waals surface area contributed by atoms with E-state index in [0.29, 0.717) is 11.8 Å². The molecule has 170 valence electrons. The van der Waals surface area contributed by atoms with E-state index in [9.17, 15) is 8.42 Å². The van der Waals surface area contributed by atoms with Crippen molar-refractivity contribution in [3.63, 3.8) is 0 Å². The smallest absolute Gasteiger partial charge is 0.266 e. The third-order valence-corrected chi connectivity index (χ3v) is 10.6. The van der Waals surface area contributed by atoms with Gasteiger partial charge in [-0.05, 0) is 113 Å². The van der Waals surface area contributed by atoms with Crippen molar-refractivity contribution in [1.82, 2.24) is 0 Å². The van der Waals surface area contributed by atoms with E-state index in [1.807, 2.05) is 12.1 Å². The average molecular weight is 555 g/mol. The zero-order valence-corrected chi connectivity index (χ0v) is 22.0. The lowest BCUT2D eigenvalue weighted by Crippen LogP contribution is -2.51. The normalized spacial score (nSPS) is 38.0. The molecule has 2 fully saturated rings. The van der Waals surface area contributed by atoms with E-state index in [4.69, 9.17) is 4.18 Å². The molecule has 0 radical (unpaired) electrons. The zero-order chi connectivity index (χ0) is 22.5. The molecule has 0 aliphatic heterocycles. The summed E-state index contributed by atoms with van der Waals surface area (Å²) in [6.45, 7) is 11.4. The highest BCUT2D eigenvalue weighted by Crippen LogP contribution is 2.63. The van der Waals surface area contributed by atoms with Crippen molar-refractivity contribution < 1.29 is 12.6 Å². The average Bonchev–Trinajstić information content (AvgIpc) is 2.72. The summed E-state index contributed by atoms with van der Waals surface area (Å²) in [7, 11) is -3.74. The summed E-state index contributed by atoms with van der Waals surface area (Å²) in [5.74, 6) is 1.09. The molecule has 3 nitrogen and oxygen atoms in total. The maximum atomic E-state index is 12.9. The Kier molecular flexibility index (Phi) is 6.28. The second-order valence-corrected chi connectivity index (χ2v) is 13.7. The lowest BCUT2D eigenvalue weighted by molar-refractivity contribution is -0.0490. The van der Waals surface area contributed by atoms with Crippen molar-refractivity contribution in [2.24, 2.45) is 28.1 Å². The molecule has 0 N–H and O–H groups in total. The Hall–Kier alpha value is -0.660. The van der Waals surface area contributed by atoms with Gasteiger partial charge in [-0.2, -0.15) is 8.42 Å². The van der Waals surface area contributed by atoms with E-state index < -0.39 is 10.1 Å². The van der Waals surface area contributed by atoms with Crippen LogP contribution in [-0.4, -0.2) is 15.0 Å². The summed E-state index contributed by atoms with van der Waals surface area (Å²) < 4.78 is 32.4. The van der Waals surface area contributed by atoms with Gasteiger partial charge in [-0.1, -0.05) is 44.9 Å². The monoisotopic (exact) mass is 554 g/mol. The summed E-state index contributed by atoms with van der Waals surface area (Å²) in [4.78, 5) is 0.248. The van der Waals surface area contributed by atoms with Gasteiger partial charge in [0.05, 0.1) is 11.5 Å². The molecule has 1 aromatic rings. The summed E-state index contributed by atoms with van der Waals surface area (Å²) in [5.41, 5.74) is 1.86. The number of halogens is 1. The van der Waals surface area contributed by atoms with Crippen LogP contribution in [-0.2, 0) is 14.3 Å². The summed E-state index contributed by atoms with van der Waals surface area (Å²) in [6, 6.07) is 6.90. The lowest BCUT2D eigenvalue weighted by Gasteiger charge is -2.59. The molecular weight excluding hydrogens is 519 g/mol. The molecule has 3 aliphatic carbocycles. The highest BCUT2D eigenvalue weighted by Gasteiger charge is 2.55. The Balaban J connectivity index is 1.56. The van der Waals surface area contributed by atoms with Crippen LogP contribution in [0.1, 0.15) is 65.7 Å². The lowest BCUT2D eigenvalue weighted by atomic mass is 9.46. The van der Waals surface area contributed by atoms with Crippen molar-refractivity contribution in [3.8, 4) is 0 Å². The minimum atomic E-state index is -3.74. The quantitative estimate of drug-likeness (QED) is 0.221. The highest BCUT2D eigenvalue weighted by molar-refractivity contribution is 14.1. The van der Waals surface area contributed by atoms with Gasteiger partial charge in [0.2, 0.25) is 0 Å². The van der Waals surface area contributed by atoms with E-state index in [-0.39, 0.29) is 27.7 Å². The molecule has 1 aromatic carbocycles. The van der Waals surface area contributed by atoms with Crippen molar-refractivity contribution in [2.75, 3.05) is 6.61 Å². The molecular formula is C26H35IO3S. The van der Waals surface area contributed by atoms with Crippen LogP contribution >= 0.6 is 22.6 Å². The Morgan fingerprint density at radius 3 is 2.55 bits per heavy atom. The van der Waals surface area contributed by atoms with Gasteiger partial charge in [0, 0.05) is 3.57 Å². The van der Waals surface area contributed by atoms with Crippen LogP contribution in [0.2, 0.25) is 0 Å². The molecule has 2 saturated carbocycles. The second kappa shape index (κ2) is 8.28. The number of hydrogen-bond acceptors (Lipinski definition) is 3. The fourth-order valence-corrected chi connectivity index (χ4v) is 8.19. The minimum absolute atomic E-state index is 0.131. The van der Waals surface area contributed by atoms with E-state index >= 15 is 0 Å². The number of rotatable bonds is 5. The fraction of sp³-hybridized carbons (Fsp3) is 0.615. The molecule has 4 rings (SSSR count). The Morgan fingerprint density at radius 2 is 1.87 bits per heavy atom. The molecule has 31 heavy (non-hydrogen) atoms. The highest BCUT2D eigenvalue weighted by atomic mass is 127. The van der Waals surface area contributed by atoms with Crippen LogP contribution in [0.4, 0.5) is 0 Å². The molecule has 5 heteroatoms. The molecule has 0 heterocycles. The predicted molar refractivity (Wildman–Crippen MR) is 134 cm³/mol. The van der Waals surface area contributed by atoms with E-state index in [0.717, 1.165) is 29.3 Å². The van der Waals surface area contributed by atoms with Crippen LogP contribution in [0.15, 0.2) is 53.5 Å². The van der Waals surface area contributed by atoms with Crippen LogP contribution in [0.5, 0.6) is 0 Å². The van der Waals surface area contributed by atoms with E-state index in [1.165, 1.54) is 19.3 Å². The molecule has 0 saturated heterocycles. The van der Waals surface area contributed by atoms with E-state index in [1.54, 1.807) is 17.7 Å². The van der Waals surface area contributed by atoms with Crippen LogP contribution in [0.25, 0.3) is 0 Å².